The van der Waals surface area contributed by atoms with E-state index in [1.807, 2.05) is 36.4 Å². The Morgan fingerprint density at radius 3 is 2.50 bits per heavy atom. The minimum absolute atomic E-state index is 0.0641. The van der Waals surface area contributed by atoms with Gasteiger partial charge < -0.3 is 10.2 Å². The lowest BCUT2D eigenvalue weighted by Crippen LogP contribution is -2.50. The molecule has 2 aromatic carbocycles. The van der Waals surface area contributed by atoms with Crippen molar-refractivity contribution in [2.45, 2.75) is 69.0 Å². The first kappa shape index (κ1) is 24.9. The Kier molecular flexibility index (Phi) is 9.76. The zero-order valence-corrected chi connectivity index (χ0v) is 20.7. The van der Waals surface area contributed by atoms with Gasteiger partial charge in [0.15, 0.2) is 0 Å². The lowest BCUT2D eigenvalue weighted by Gasteiger charge is -2.31. The average Bonchev–Trinajstić information content (AvgIpc) is 2.79. The van der Waals surface area contributed by atoms with E-state index in [0.717, 1.165) is 36.1 Å². The van der Waals surface area contributed by atoms with E-state index in [-0.39, 0.29) is 24.4 Å². The van der Waals surface area contributed by atoms with E-state index in [0.29, 0.717) is 22.2 Å². The van der Waals surface area contributed by atoms with Gasteiger partial charge in [-0.2, -0.15) is 0 Å². The highest BCUT2D eigenvalue weighted by Crippen LogP contribution is 2.25. The molecule has 1 aliphatic carbocycles. The minimum atomic E-state index is -0.585. The van der Waals surface area contributed by atoms with Crippen LogP contribution in [0.2, 0.25) is 10.0 Å². The van der Waals surface area contributed by atoms with E-state index >= 15 is 0 Å². The molecular formula is C25H30Cl2N2O2S. The highest BCUT2D eigenvalue weighted by Gasteiger charge is 2.28. The number of hydrogen-bond acceptors (Lipinski definition) is 3. The number of amides is 2. The highest BCUT2D eigenvalue weighted by molar-refractivity contribution is 7.99. The number of nitrogens with one attached hydrogen (secondary N) is 1. The molecule has 2 aromatic rings. The van der Waals surface area contributed by atoms with Crippen molar-refractivity contribution in [3.63, 3.8) is 0 Å². The largest absolute Gasteiger partial charge is 0.352 e. The van der Waals surface area contributed by atoms with Gasteiger partial charge in [0.25, 0.3) is 0 Å². The lowest BCUT2D eigenvalue weighted by atomic mass is 9.95. The van der Waals surface area contributed by atoms with Crippen LogP contribution in [-0.4, -0.2) is 34.6 Å². The number of halogens is 2. The van der Waals surface area contributed by atoms with Gasteiger partial charge in [0.2, 0.25) is 11.8 Å². The molecule has 1 saturated carbocycles. The molecule has 2 amide bonds. The van der Waals surface area contributed by atoms with Gasteiger partial charge >= 0.3 is 0 Å². The molecule has 4 nitrogen and oxygen atoms in total. The van der Waals surface area contributed by atoms with Crippen LogP contribution in [0.5, 0.6) is 0 Å². The van der Waals surface area contributed by atoms with Gasteiger partial charge in [-0.1, -0.05) is 66.7 Å². The molecule has 0 saturated heterocycles. The summed E-state index contributed by atoms with van der Waals surface area (Å²) in [7, 11) is 0. The fourth-order valence-corrected chi connectivity index (χ4v) is 5.23. The monoisotopic (exact) mass is 492 g/mol. The fraction of sp³-hybridized carbons (Fsp3) is 0.440. The topological polar surface area (TPSA) is 49.4 Å². The first-order valence-electron chi connectivity index (χ1n) is 11.2. The Bertz CT molecular complexity index is 904. The van der Waals surface area contributed by atoms with Crippen LogP contribution in [-0.2, 0) is 16.1 Å². The highest BCUT2D eigenvalue weighted by atomic mass is 35.5. The van der Waals surface area contributed by atoms with Crippen LogP contribution in [0.3, 0.4) is 0 Å². The van der Waals surface area contributed by atoms with Crippen LogP contribution in [0.4, 0.5) is 0 Å². The molecule has 0 radical (unpaired) electrons. The Hall–Kier alpha value is -1.69. The fourth-order valence-electron chi connectivity index (χ4n) is 3.90. The third kappa shape index (κ3) is 7.43. The van der Waals surface area contributed by atoms with Gasteiger partial charge in [-0.3, -0.25) is 9.59 Å². The molecule has 0 aliphatic heterocycles. The molecule has 1 fully saturated rings. The van der Waals surface area contributed by atoms with Gasteiger partial charge in [-0.25, -0.2) is 0 Å². The van der Waals surface area contributed by atoms with Crippen molar-refractivity contribution < 1.29 is 9.59 Å². The number of carbonyl (C=O) groups is 2. The summed E-state index contributed by atoms with van der Waals surface area (Å²) in [5.41, 5.74) is 0.775. The van der Waals surface area contributed by atoms with Crippen LogP contribution in [0.15, 0.2) is 53.4 Å². The SMILES string of the molecule is CC(C(=O)NC1CCCCC1)N(Cc1ccc(Cl)cc1Cl)C(=O)CCSc1ccccc1. The Balaban J connectivity index is 1.68. The molecule has 0 bridgehead atoms. The molecule has 1 aliphatic rings. The van der Waals surface area contributed by atoms with E-state index in [1.165, 1.54) is 6.42 Å². The van der Waals surface area contributed by atoms with E-state index in [4.69, 9.17) is 23.2 Å². The van der Waals surface area contributed by atoms with E-state index in [9.17, 15) is 9.59 Å². The first-order valence-corrected chi connectivity index (χ1v) is 12.9. The Morgan fingerprint density at radius 1 is 1.09 bits per heavy atom. The van der Waals surface area contributed by atoms with Crippen molar-refractivity contribution in [2.75, 3.05) is 5.75 Å². The van der Waals surface area contributed by atoms with Crippen molar-refractivity contribution in [2.24, 2.45) is 0 Å². The summed E-state index contributed by atoms with van der Waals surface area (Å²) in [6, 6.07) is 14.8. The lowest BCUT2D eigenvalue weighted by molar-refractivity contribution is -0.140. The zero-order valence-electron chi connectivity index (χ0n) is 18.4. The molecule has 1 atom stereocenters. The number of thioether (sulfide) groups is 1. The zero-order chi connectivity index (χ0) is 22.9. The third-order valence-electron chi connectivity index (χ3n) is 5.80. The second kappa shape index (κ2) is 12.5. The molecule has 3 rings (SSSR count). The summed E-state index contributed by atoms with van der Waals surface area (Å²) >= 11 is 14.0. The number of rotatable bonds is 9. The Morgan fingerprint density at radius 2 is 1.81 bits per heavy atom. The summed E-state index contributed by atoms with van der Waals surface area (Å²) in [4.78, 5) is 29.0. The van der Waals surface area contributed by atoms with Gasteiger partial charge in [0, 0.05) is 39.7 Å². The van der Waals surface area contributed by atoms with Crippen LogP contribution < -0.4 is 5.32 Å². The van der Waals surface area contributed by atoms with E-state index in [2.05, 4.69) is 5.32 Å². The third-order valence-corrected chi connectivity index (χ3v) is 7.40. The summed E-state index contributed by atoms with van der Waals surface area (Å²) in [6.07, 6.45) is 5.84. The maximum absolute atomic E-state index is 13.2. The second-order valence-corrected chi connectivity index (χ2v) is 10.2. The second-order valence-electron chi connectivity index (χ2n) is 8.19. The van der Waals surface area contributed by atoms with Crippen LogP contribution in [0.25, 0.3) is 0 Å². The number of hydrogen-bond donors (Lipinski definition) is 1. The standard InChI is InChI=1S/C25H30Cl2N2O2S/c1-18(25(31)28-21-8-4-2-5-9-21)29(17-19-12-13-20(26)16-23(19)27)24(30)14-15-32-22-10-6-3-7-11-22/h3,6-7,10-13,16,18,21H,2,4-5,8-9,14-15,17H2,1H3,(H,28,31). The molecule has 1 unspecified atom stereocenters. The van der Waals surface area contributed by atoms with Crippen molar-refractivity contribution in [3.05, 3.63) is 64.1 Å². The van der Waals surface area contributed by atoms with Crippen molar-refractivity contribution in [3.8, 4) is 0 Å². The predicted octanol–water partition coefficient (Wildman–Crippen LogP) is 6.34. The van der Waals surface area contributed by atoms with Crippen molar-refractivity contribution in [1.82, 2.24) is 10.2 Å². The normalized spacial score (nSPS) is 15.2. The summed E-state index contributed by atoms with van der Waals surface area (Å²) in [5, 5.41) is 4.19. The smallest absolute Gasteiger partial charge is 0.242 e. The molecular weight excluding hydrogens is 463 g/mol. The van der Waals surface area contributed by atoms with E-state index in [1.54, 1.807) is 35.7 Å². The van der Waals surface area contributed by atoms with E-state index < -0.39 is 6.04 Å². The molecule has 1 N–H and O–H groups in total. The molecule has 0 heterocycles. The molecule has 0 spiro atoms. The maximum atomic E-state index is 13.2. The van der Waals surface area contributed by atoms with Gasteiger partial charge in [-0.05, 0) is 49.6 Å². The quantitative estimate of drug-likeness (QED) is 0.415. The van der Waals surface area contributed by atoms with Crippen LogP contribution in [0, 0.1) is 0 Å². The summed E-state index contributed by atoms with van der Waals surface area (Å²) in [6.45, 7) is 2.06. The predicted molar refractivity (Wildman–Crippen MR) is 133 cm³/mol. The number of nitrogens with zero attached hydrogens (tertiary/aromatic N) is 1. The molecule has 172 valence electrons. The average molecular weight is 494 g/mol. The van der Waals surface area contributed by atoms with Gasteiger partial charge in [0.1, 0.15) is 6.04 Å². The van der Waals surface area contributed by atoms with Crippen LogP contribution in [0.1, 0.15) is 51.0 Å². The summed E-state index contributed by atoms with van der Waals surface area (Å²) < 4.78 is 0. The van der Waals surface area contributed by atoms with Gasteiger partial charge in [-0.15, -0.1) is 11.8 Å². The first-order chi connectivity index (χ1) is 15.4. The van der Waals surface area contributed by atoms with Crippen molar-refractivity contribution >= 4 is 46.8 Å². The minimum Gasteiger partial charge on any atom is -0.352 e. The molecule has 32 heavy (non-hydrogen) atoms. The number of benzene rings is 2. The van der Waals surface area contributed by atoms with Crippen molar-refractivity contribution in [1.29, 1.82) is 0 Å². The maximum Gasteiger partial charge on any atom is 0.242 e. The molecule has 7 heteroatoms. The summed E-state index contributed by atoms with van der Waals surface area (Å²) in [5.74, 6) is 0.474. The Labute approximate surface area is 205 Å². The van der Waals surface area contributed by atoms with Gasteiger partial charge in [0.05, 0.1) is 0 Å². The number of carbonyl (C=O) groups excluding carboxylic acids is 2. The van der Waals surface area contributed by atoms with Crippen LogP contribution >= 0.6 is 35.0 Å². The molecule has 0 aromatic heterocycles.